The minimum absolute atomic E-state index is 0. The van der Waals surface area contributed by atoms with E-state index in [4.69, 9.17) is 0 Å². The molecule has 5 heteroatoms. The Morgan fingerprint density at radius 3 is 2.53 bits per heavy atom. The molecule has 0 unspecified atom stereocenters. The standard InChI is InChI=1S/C12H14INO2.ClH/c13-10-4-2-9(3-5-10)8-12(11(15)16)6-1-7-14-12;/h2-5,14H,1,6-8H2,(H,15,16);1H/t12-;/m1./s1. The Balaban J connectivity index is 0.00000144. The van der Waals surface area contributed by atoms with Crippen LogP contribution in [0.1, 0.15) is 18.4 Å². The maximum atomic E-state index is 11.3. The van der Waals surface area contributed by atoms with Gasteiger partial charge in [0.25, 0.3) is 0 Å². The molecule has 0 bridgehead atoms. The molecule has 0 aromatic heterocycles. The highest BCUT2D eigenvalue weighted by atomic mass is 127. The van der Waals surface area contributed by atoms with Crippen molar-refractivity contribution in [3.05, 3.63) is 33.4 Å². The molecule has 1 aliphatic heterocycles. The molecule has 0 amide bonds. The molecule has 17 heavy (non-hydrogen) atoms. The first-order valence-electron chi connectivity index (χ1n) is 5.35. The van der Waals surface area contributed by atoms with Crippen LogP contribution in [0.15, 0.2) is 24.3 Å². The number of halogens is 2. The van der Waals surface area contributed by atoms with Crippen molar-refractivity contribution in [3.63, 3.8) is 0 Å². The molecule has 0 radical (unpaired) electrons. The molecule has 1 aromatic carbocycles. The lowest BCUT2D eigenvalue weighted by Crippen LogP contribution is -2.49. The topological polar surface area (TPSA) is 49.3 Å². The summed E-state index contributed by atoms with van der Waals surface area (Å²) in [6.07, 6.45) is 2.23. The highest BCUT2D eigenvalue weighted by molar-refractivity contribution is 14.1. The maximum Gasteiger partial charge on any atom is 0.324 e. The van der Waals surface area contributed by atoms with Gasteiger partial charge in [-0.05, 0) is 59.7 Å². The van der Waals surface area contributed by atoms with Crippen LogP contribution in [0.5, 0.6) is 0 Å². The van der Waals surface area contributed by atoms with E-state index >= 15 is 0 Å². The van der Waals surface area contributed by atoms with E-state index in [0.717, 1.165) is 18.5 Å². The highest BCUT2D eigenvalue weighted by Crippen LogP contribution is 2.24. The number of hydrogen-bond donors (Lipinski definition) is 2. The number of carboxylic acid groups (broad SMARTS) is 1. The third-order valence-electron chi connectivity index (χ3n) is 3.07. The molecule has 1 saturated heterocycles. The van der Waals surface area contributed by atoms with Gasteiger partial charge in [-0.3, -0.25) is 4.79 Å². The number of aliphatic carboxylic acids is 1. The fourth-order valence-corrected chi connectivity index (χ4v) is 2.53. The minimum atomic E-state index is -0.743. The molecule has 0 saturated carbocycles. The van der Waals surface area contributed by atoms with Crippen LogP contribution in [0, 0.1) is 3.57 Å². The number of benzene rings is 1. The molecule has 2 rings (SSSR count). The average molecular weight is 368 g/mol. The van der Waals surface area contributed by atoms with Crippen molar-refractivity contribution >= 4 is 41.0 Å². The first-order chi connectivity index (χ1) is 7.62. The van der Waals surface area contributed by atoms with Crippen LogP contribution >= 0.6 is 35.0 Å². The molecule has 1 heterocycles. The van der Waals surface area contributed by atoms with E-state index in [2.05, 4.69) is 27.9 Å². The molecular formula is C12H15ClINO2. The lowest BCUT2D eigenvalue weighted by molar-refractivity contribution is -0.144. The summed E-state index contributed by atoms with van der Waals surface area (Å²) in [5, 5.41) is 12.4. The van der Waals surface area contributed by atoms with Gasteiger partial charge in [-0.15, -0.1) is 12.4 Å². The summed E-state index contributed by atoms with van der Waals surface area (Å²) in [7, 11) is 0. The van der Waals surface area contributed by atoms with Crippen LogP contribution in [-0.2, 0) is 11.2 Å². The molecule has 2 N–H and O–H groups in total. The van der Waals surface area contributed by atoms with E-state index < -0.39 is 11.5 Å². The number of nitrogens with one attached hydrogen (secondary N) is 1. The summed E-state index contributed by atoms with van der Waals surface area (Å²) >= 11 is 2.25. The van der Waals surface area contributed by atoms with E-state index in [1.807, 2.05) is 24.3 Å². The Morgan fingerprint density at radius 2 is 2.06 bits per heavy atom. The van der Waals surface area contributed by atoms with E-state index in [9.17, 15) is 9.90 Å². The maximum absolute atomic E-state index is 11.3. The van der Waals surface area contributed by atoms with E-state index in [1.165, 1.54) is 3.57 Å². The van der Waals surface area contributed by atoms with Gasteiger partial charge in [0.05, 0.1) is 0 Å². The van der Waals surface area contributed by atoms with Crippen LogP contribution in [0.25, 0.3) is 0 Å². The molecule has 1 aromatic rings. The van der Waals surface area contributed by atoms with Gasteiger partial charge in [0.2, 0.25) is 0 Å². The van der Waals surface area contributed by atoms with E-state index in [-0.39, 0.29) is 12.4 Å². The highest BCUT2D eigenvalue weighted by Gasteiger charge is 2.40. The summed E-state index contributed by atoms with van der Waals surface area (Å²) in [6.45, 7) is 0.802. The van der Waals surface area contributed by atoms with Crippen LogP contribution < -0.4 is 5.32 Å². The molecule has 3 nitrogen and oxygen atoms in total. The second-order valence-electron chi connectivity index (χ2n) is 4.22. The Kier molecular flexibility index (Phi) is 5.22. The Hall–Kier alpha value is -0.330. The smallest absolute Gasteiger partial charge is 0.324 e. The summed E-state index contributed by atoms with van der Waals surface area (Å²) < 4.78 is 1.17. The molecular weight excluding hydrogens is 352 g/mol. The largest absolute Gasteiger partial charge is 0.480 e. The van der Waals surface area contributed by atoms with Crippen molar-refractivity contribution in [1.82, 2.24) is 5.32 Å². The van der Waals surface area contributed by atoms with Crippen molar-refractivity contribution < 1.29 is 9.90 Å². The Bertz CT molecular complexity index is 388. The Morgan fingerprint density at radius 1 is 1.41 bits per heavy atom. The summed E-state index contributed by atoms with van der Waals surface area (Å²) in [4.78, 5) is 11.3. The third kappa shape index (κ3) is 3.33. The van der Waals surface area contributed by atoms with Gasteiger partial charge < -0.3 is 10.4 Å². The van der Waals surface area contributed by atoms with Crippen molar-refractivity contribution in [2.24, 2.45) is 0 Å². The van der Waals surface area contributed by atoms with Gasteiger partial charge in [-0.1, -0.05) is 12.1 Å². The second kappa shape index (κ2) is 6.02. The quantitative estimate of drug-likeness (QED) is 0.807. The van der Waals surface area contributed by atoms with E-state index in [1.54, 1.807) is 0 Å². The lowest BCUT2D eigenvalue weighted by atomic mass is 9.89. The second-order valence-corrected chi connectivity index (χ2v) is 5.47. The summed E-state index contributed by atoms with van der Waals surface area (Å²) in [5.74, 6) is -0.733. The number of hydrogen-bond acceptors (Lipinski definition) is 2. The van der Waals surface area contributed by atoms with Gasteiger partial charge in [-0.2, -0.15) is 0 Å². The number of rotatable bonds is 3. The monoisotopic (exact) mass is 367 g/mol. The normalized spacial score (nSPS) is 23.1. The summed E-state index contributed by atoms with van der Waals surface area (Å²) in [5.41, 5.74) is 0.337. The van der Waals surface area contributed by atoms with Crippen molar-refractivity contribution in [2.75, 3.05) is 6.54 Å². The third-order valence-corrected chi connectivity index (χ3v) is 3.79. The minimum Gasteiger partial charge on any atom is -0.480 e. The predicted molar refractivity (Wildman–Crippen MR) is 77.7 cm³/mol. The summed E-state index contributed by atoms with van der Waals surface area (Å²) in [6, 6.07) is 8.04. The fourth-order valence-electron chi connectivity index (χ4n) is 2.17. The van der Waals surface area contributed by atoms with Crippen LogP contribution in [0.2, 0.25) is 0 Å². The molecule has 94 valence electrons. The molecule has 1 atom stereocenters. The SMILES string of the molecule is Cl.O=C(O)[C@]1(Cc2ccc(I)cc2)CCCN1. The zero-order chi connectivity index (χ0) is 11.6. The molecule has 1 fully saturated rings. The van der Waals surface area contributed by atoms with Gasteiger partial charge in [-0.25, -0.2) is 0 Å². The number of carboxylic acids is 1. The zero-order valence-corrected chi connectivity index (χ0v) is 12.3. The first kappa shape index (κ1) is 14.7. The van der Waals surface area contributed by atoms with Gasteiger partial charge in [0, 0.05) is 9.99 Å². The van der Waals surface area contributed by atoms with Gasteiger partial charge in [0.1, 0.15) is 5.54 Å². The zero-order valence-electron chi connectivity index (χ0n) is 9.28. The van der Waals surface area contributed by atoms with Crippen molar-refractivity contribution in [3.8, 4) is 0 Å². The fraction of sp³-hybridized carbons (Fsp3) is 0.417. The number of carbonyl (C=O) groups is 1. The Labute approximate surface area is 121 Å². The first-order valence-corrected chi connectivity index (χ1v) is 6.43. The lowest BCUT2D eigenvalue weighted by Gasteiger charge is -2.24. The van der Waals surface area contributed by atoms with Crippen LogP contribution in [0.4, 0.5) is 0 Å². The van der Waals surface area contributed by atoms with Gasteiger partial charge in [0.15, 0.2) is 0 Å². The molecule has 1 aliphatic rings. The average Bonchev–Trinajstić information content (AvgIpc) is 2.71. The molecule has 0 aliphatic carbocycles. The van der Waals surface area contributed by atoms with Crippen molar-refractivity contribution in [1.29, 1.82) is 0 Å². The van der Waals surface area contributed by atoms with Gasteiger partial charge >= 0.3 is 5.97 Å². The van der Waals surface area contributed by atoms with Crippen LogP contribution in [0.3, 0.4) is 0 Å². The van der Waals surface area contributed by atoms with E-state index in [0.29, 0.717) is 12.8 Å². The molecule has 0 spiro atoms. The van der Waals surface area contributed by atoms with Crippen molar-refractivity contribution in [2.45, 2.75) is 24.8 Å². The van der Waals surface area contributed by atoms with Crippen LogP contribution in [-0.4, -0.2) is 23.2 Å². The predicted octanol–water partition coefficient (Wildman–Crippen LogP) is 2.46.